The summed E-state index contributed by atoms with van der Waals surface area (Å²) in [5, 5.41) is 20.6. The van der Waals surface area contributed by atoms with Crippen molar-refractivity contribution in [3.05, 3.63) is 46.2 Å². The van der Waals surface area contributed by atoms with Crippen LogP contribution in [0.5, 0.6) is 0 Å². The number of carbonyl (C=O) groups is 1. The molecule has 6 heteroatoms. The molecule has 1 aliphatic heterocycles. The van der Waals surface area contributed by atoms with E-state index in [4.69, 9.17) is 0 Å². The number of β-amino-alcohol motifs (C(OH)–C–C–N with tert-alkyl or cyclic N) is 1. The summed E-state index contributed by atoms with van der Waals surface area (Å²) in [5.41, 5.74) is 0.227. The first-order valence-corrected chi connectivity index (χ1v) is 8.07. The number of likely N-dealkylation sites (tertiary alicyclic amines) is 1. The first kappa shape index (κ1) is 16.7. The van der Waals surface area contributed by atoms with Crippen LogP contribution in [0.1, 0.15) is 19.0 Å². The van der Waals surface area contributed by atoms with Crippen LogP contribution in [0.15, 0.2) is 35.1 Å². The molecule has 24 heavy (non-hydrogen) atoms. The van der Waals surface area contributed by atoms with Gasteiger partial charge in [0.2, 0.25) is 5.91 Å². The molecule has 1 saturated heterocycles. The van der Waals surface area contributed by atoms with Gasteiger partial charge in [-0.15, -0.1) is 0 Å². The molecule has 0 saturated carbocycles. The van der Waals surface area contributed by atoms with Gasteiger partial charge in [0.1, 0.15) is 6.54 Å². The molecule has 1 amide bonds. The van der Waals surface area contributed by atoms with Crippen LogP contribution in [0, 0.1) is 6.92 Å². The maximum Gasteiger partial charge on any atom is 0.242 e. The Hall–Kier alpha value is -2.18. The fourth-order valence-electron chi connectivity index (χ4n) is 3.15. The molecule has 0 radical (unpaired) electrons. The lowest BCUT2D eigenvalue weighted by atomic mass is 9.91. The predicted molar refractivity (Wildman–Crippen MR) is 90.8 cm³/mol. The van der Waals surface area contributed by atoms with Gasteiger partial charge in [-0.1, -0.05) is 12.1 Å². The Morgan fingerprint density at radius 1 is 1.38 bits per heavy atom. The number of amides is 1. The quantitative estimate of drug-likeness (QED) is 0.847. The monoisotopic (exact) mass is 330 g/mol. The standard InChI is InChI=1S/C18H22N2O4/c1-12-9-15(21)13-5-3-4-6-14(13)20(12)11-17(23)19-8-7-18(2,24)16(22)10-19/h3-6,9,16,22,24H,7-8,10-11H2,1-2H3. The normalized spacial score (nSPS) is 24.3. The second-order valence-electron chi connectivity index (χ2n) is 6.72. The zero-order valence-corrected chi connectivity index (χ0v) is 13.9. The van der Waals surface area contributed by atoms with Gasteiger partial charge in [-0.2, -0.15) is 0 Å². The molecule has 0 bridgehead atoms. The highest BCUT2D eigenvalue weighted by atomic mass is 16.3. The van der Waals surface area contributed by atoms with Gasteiger partial charge in [0.25, 0.3) is 0 Å². The summed E-state index contributed by atoms with van der Waals surface area (Å²) in [7, 11) is 0. The third-order valence-electron chi connectivity index (χ3n) is 4.87. The van der Waals surface area contributed by atoms with Crippen molar-refractivity contribution < 1.29 is 15.0 Å². The van der Waals surface area contributed by atoms with Crippen LogP contribution in [-0.2, 0) is 11.3 Å². The summed E-state index contributed by atoms with van der Waals surface area (Å²) in [5.74, 6) is -0.138. The number of pyridine rings is 1. The van der Waals surface area contributed by atoms with E-state index in [1.165, 1.54) is 6.07 Å². The molecule has 0 spiro atoms. The van der Waals surface area contributed by atoms with Crippen molar-refractivity contribution in [1.29, 1.82) is 0 Å². The van der Waals surface area contributed by atoms with Gasteiger partial charge in [0.15, 0.2) is 5.43 Å². The summed E-state index contributed by atoms with van der Waals surface area (Å²) in [6, 6.07) is 8.75. The maximum absolute atomic E-state index is 12.6. The zero-order chi connectivity index (χ0) is 17.5. The van der Waals surface area contributed by atoms with E-state index in [9.17, 15) is 19.8 Å². The minimum atomic E-state index is -1.16. The molecule has 0 aliphatic carbocycles. The average molecular weight is 330 g/mol. The summed E-state index contributed by atoms with van der Waals surface area (Å²) >= 11 is 0. The number of aryl methyl sites for hydroxylation is 1. The van der Waals surface area contributed by atoms with Crippen molar-refractivity contribution in [2.24, 2.45) is 0 Å². The molecular weight excluding hydrogens is 308 g/mol. The van der Waals surface area contributed by atoms with Gasteiger partial charge in [0, 0.05) is 30.2 Å². The third-order valence-corrected chi connectivity index (χ3v) is 4.87. The van der Waals surface area contributed by atoms with E-state index in [1.807, 2.05) is 16.7 Å². The zero-order valence-electron chi connectivity index (χ0n) is 13.9. The second-order valence-corrected chi connectivity index (χ2v) is 6.72. The number of piperidine rings is 1. The predicted octanol–water partition coefficient (Wildman–Crippen LogP) is 0.654. The number of fused-ring (bicyclic) bond motifs is 1. The average Bonchev–Trinajstić information content (AvgIpc) is 2.54. The molecule has 2 unspecified atom stereocenters. The highest BCUT2D eigenvalue weighted by Gasteiger charge is 2.37. The van der Waals surface area contributed by atoms with E-state index >= 15 is 0 Å². The third kappa shape index (κ3) is 2.95. The van der Waals surface area contributed by atoms with Crippen molar-refractivity contribution >= 4 is 16.8 Å². The minimum absolute atomic E-state index is 0.0590. The molecule has 1 aliphatic rings. The topological polar surface area (TPSA) is 82.8 Å². The highest BCUT2D eigenvalue weighted by Crippen LogP contribution is 2.22. The van der Waals surface area contributed by atoms with Crippen molar-refractivity contribution in [2.45, 2.75) is 38.5 Å². The fourth-order valence-corrected chi connectivity index (χ4v) is 3.15. The number of benzene rings is 1. The van der Waals surface area contributed by atoms with Crippen LogP contribution in [-0.4, -0.2) is 50.4 Å². The van der Waals surface area contributed by atoms with E-state index in [1.54, 1.807) is 30.9 Å². The molecule has 1 fully saturated rings. The smallest absolute Gasteiger partial charge is 0.242 e. The molecule has 128 valence electrons. The Morgan fingerprint density at radius 2 is 2.08 bits per heavy atom. The van der Waals surface area contributed by atoms with Crippen molar-refractivity contribution in [3.63, 3.8) is 0 Å². The first-order valence-electron chi connectivity index (χ1n) is 8.07. The number of aliphatic hydroxyl groups is 2. The number of nitrogens with zero attached hydrogens (tertiary/aromatic N) is 2. The summed E-state index contributed by atoms with van der Waals surface area (Å²) in [4.78, 5) is 26.3. The Balaban J connectivity index is 1.88. The number of carbonyl (C=O) groups excluding carboxylic acids is 1. The molecule has 2 aromatic rings. The molecule has 2 atom stereocenters. The molecule has 1 aromatic heterocycles. The molecule has 2 N–H and O–H groups in total. The highest BCUT2D eigenvalue weighted by molar-refractivity contribution is 5.82. The summed E-state index contributed by atoms with van der Waals surface area (Å²) in [6.45, 7) is 4.00. The Morgan fingerprint density at radius 3 is 2.79 bits per heavy atom. The minimum Gasteiger partial charge on any atom is -0.388 e. The van der Waals surface area contributed by atoms with Crippen molar-refractivity contribution in [3.8, 4) is 0 Å². The lowest BCUT2D eigenvalue weighted by molar-refractivity contribution is -0.146. The van der Waals surface area contributed by atoms with E-state index in [-0.39, 0.29) is 24.4 Å². The van der Waals surface area contributed by atoms with E-state index in [0.29, 0.717) is 18.4 Å². The number of para-hydroxylation sites is 1. The van der Waals surface area contributed by atoms with Crippen LogP contribution < -0.4 is 5.43 Å². The fraction of sp³-hybridized carbons (Fsp3) is 0.444. The van der Waals surface area contributed by atoms with Gasteiger partial charge < -0.3 is 19.7 Å². The lowest BCUT2D eigenvalue weighted by Crippen LogP contribution is -2.55. The molecule has 2 heterocycles. The summed E-state index contributed by atoms with van der Waals surface area (Å²) < 4.78 is 1.82. The summed E-state index contributed by atoms with van der Waals surface area (Å²) in [6.07, 6.45) is -0.619. The number of aromatic nitrogens is 1. The number of aliphatic hydroxyl groups excluding tert-OH is 1. The Bertz CT molecular complexity index is 841. The van der Waals surface area contributed by atoms with Crippen molar-refractivity contribution in [2.75, 3.05) is 13.1 Å². The number of rotatable bonds is 2. The number of hydrogen-bond donors (Lipinski definition) is 2. The van der Waals surface area contributed by atoms with E-state index in [2.05, 4.69) is 0 Å². The SMILES string of the molecule is Cc1cc(=O)c2ccccc2n1CC(=O)N1CCC(C)(O)C(O)C1. The van der Waals surface area contributed by atoms with Gasteiger partial charge in [0.05, 0.1) is 17.2 Å². The lowest BCUT2D eigenvalue weighted by Gasteiger charge is -2.40. The maximum atomic E-state index is 12.6. The van der Waals surface area contributed by atoms with Crippen LogP contribution in [0.25, 0.3) is 10.9 Å². The van der Waals surface area contributed by atoms with Crippen LogP contribution >= 0.6 is 0 Å². The van der Waals surface area contributed by atoms with E-state index < -0.39 is 11.7 Å². The van der Waals surface area contributed by atoms with E-state index in [0.717, 1.165) is 11.2 Å². The second kappa shape index (κ2) is 6.03. The van der Waals surface area contributed by atoms with Crippen molar-refractivity contribution in [1.82, 2.24) is 9.47 Å². The Labute approximate surface area is 139 Å². The first-order chi connectivity index (χ1) is 11.3. The molecule has 6 nitrogen and oxygen atoms in total. The van der Waals surface area contributed by atoms with Gasteiger partial charge in [-0.3, -0.25) is 9.59 Å². The number of hydrogen-bond acceptors (Lipinski definition) is 4. The molecule has 1 aromatic carbocycles. The van der Waals surface area contributed by atoms with Gasteiger partial charge in [-0.25, -0.2) is 0 Å². The molecule has 3 rings (SSSR count). The van der Waals surface area contributed by atoms with Crippen LogP contribution in [0.2, 0.25) is 0 Å². The van der Waals surface area contributed by atoms with Crippen LogP contribution in [0.3, 0.4) is 0 Å². The molecular formula is C18H22N2O4. The largest absolute Gasteiger partial charge is 0.388 e. The van der Waals surface area contributed by atoms with Crippen LogP contribution in [0.4, 0.5) is 0 Å². The van der Waals surface area contributed by atoms with Gasteiger partial charge >= 0.3 is 0 Å². The Kier molecular flexibility index (Phi) is 4.19. The van der Waals surface area contributed by atoms with Gasteiger partial charge in [-0.05, 0) is 32.4 Å².